The Kier molecular flexibility index (Phi) is 6.83. The first-order chi connectivity index (χ1) is 12.0. The maximum absolute atomic E-state index is 12.0. The lowest BCUT2D eigenvalue weighted by Crippen LogP contribution is -2.40. The molecule has 2 aromatic carbocycles. The third kappa shape index (κ3) is 6.12. The Labute approximate surface area is 149 Å². The number of aryl methyl sites for hydroxylation is 1. The lowest BCUT2D eigenvalue weighted by molar-refractivity contribution is 0.170. The molecule has 2 amide bonds. The van der Waals surface area contributed by atoms with Gasteiger partial charge in [0.15, 0.2) is 0 Å². The first kappa shape index (κ1) is 18.8. The number of aliphatic hydroxyl groups is 1. The van der Waals surface area contributed by atoms with Crippen molar-refractivity contribution in [3.63, 3.8) is 0 Å². The summed E-state index contributed by atoms with van der Waals surface area (Å²) in [6, 6.07) is 15.6. The summed E-state index contributed by atoms with van der Waals surface area (Å²) >= 11 is 0. The monoisotopic (exact) mass is 341 g/mol. The van der Waals surface area contributed by atoms with E-state index in [-0.39, 0.29) is 12.6 Å². The SMILES string of the molecule is Cc1ccc(CNC(=O)NCC(O)Cc2ccccc2)c(N(C)C)c1. The molecule has 1 unspecified atom stereocenters. The molecule has 0 aliphatic heterocycles. The molecule has 0 aromatic heterocycles. The Morgan fingerprint density at radius 1 is 1.12 bits per heavy atom. The van der Waals surface area contributed by atoms with Crippen molar-refractivity contribution >= 4 is 11.7 Å². The lowest BCUT2D eigenvalue weighted by atomic mass is 10.1. The molecule has 2 rings (SSSR count). The van der Waals surface area contributed by atoms with E-state index in [2.05, 4.69) is 16.7 Å². The van der Waals surface area contributed by atoms with Crippen molar-refractivity contribution in [1.82, 2.24) is 10.6 Å². The smallest absolute Gasteiger partial charge is 0.315 e. The molecular formula is C20H27N3O2. The minimum atomic E-state index is -0.607. The van der Waals surface area contributed by atoms with Crippen LogP contribution in [0.5, 0.6) is 0 Å². The van der Waals surface area contributed by atoms with Crippen LogP contribution in [0.25, 0.3) is 0 Å². The molecule has 0 fully saturated rings. The van der Waals surface area contributed by atoms with Gasteiger partial charge in [-0.2, -0.15) is 0 Å². The molecule has 25 heavy (non-hydrogen) atoms. The fraction of sp³-hybridized carbons (Fsp3) is 0.350. The number of rotatable bonds is 7. The first-order valence-corrected chi connectivity index (χ1v) is 8.46. The number of aliphatic hydroxyl groups excluding tert-OH is 1. The van der Waals surface area contributed by atoms with E-state index in [9.17, 15) is 9.90 Å². The standard InChI is InChI=1S/C20H27N3O2/c1-15-9-10-17(19(11-15)23(2)3)13-21-20(25)22-14-18(24)12-16-7-5-4-6-8-16/h4-11,18,24H,12-14H2,1-3H3,(H2,21,22,25). The molecule has 0 aliphatic carbocycles. The highest BCUT2D eigenvalue weighted by Gasteiger charge is 2.09. The number of hydrogen-bond acceptors (Lipinski definition) is 3. The number of benzene rings is 2. The van der Waals surface area contributed by atoms with E-state index in [0.29, 0.717) is 13.0 Å². The van der Waals surface area contributed by atoms with Crippen LogP contribution in [0.3, 0.4) is 0 Å². The zero-order valence-electron chi connectivity index (χ0n) is 15.1. The van der Waals surface area contributed by atoms with E-state index in [1.807, 2.05) is 68.4 Å². The molecule has 5 heteroatoms. The number of carbonyl (C=O) groups is 1. The summed E-state index contributed by atoms with van der Waals surface area (Å²) in [5.41, 5.74) is 4.37. The highest BCUT2D eigenvalue weighted by molar-refractivity contribution is 5.74. The quantitative estimate of drug-likeness (QED) is 0.725. The number of carbonyl (C=O) groups excluding carboxylic acids is 1. The number of amides is 2. The summed E-state index contributed by atoms with van der Waals surface area (Å²) in [4.78, 5) is 14.0. The molecule has 0 heterocycles. The number of urea groups is 1. The van der Waals surface area contributed by atoms with Gasteiger partial charge in [-0.25, -0.2) is 4.79 Å². The van der Waals surface area contributed by atoms with Gasteiger partial charge in [-0.05, 0) is 29.7 Å². The molecule has 0 spiro atoms. The Bertz CT molecular complexity index is 687. The number of nitrogens with zero attached hydrogens (tertiary/aromatic N) is 1. The first-order valence-electron chi connectivity index (χ1n) is 8.46. The summed E-state index contributed by atoms with van der Waals surface area (Å²) in [7, 11) is 3.97. The summed E-state index contributed by atoms with van der Waals surface area (Å²) < 4.78 is 0. The van der Waals surface area contributed by atoms with Gasteiger partial charge >= 0.3 is 6.03 Å². The Morgan fingerprint density at radius 3 is 2.52 bits per heavy atom. The normalized spacial score (nSPS) is 11.7. The van der Waals surface area contributed by atoms with E-state index in [4.69, 9.17) is 0 Å². The van der Waals surface area contributed by atoms with Gasteiger partial charge in [-0.1, -0.05) is 42.5 Å². The van der Waals surface area contributed by atoms with Gasteiger partial charge in [0.25, 0.3) is 0 Å². The third-order valence-electron chi connectivity index (χ3n) is 3.97. The van der Waals surface area contributed by atoms with Gasteiger partial charge < -0.3 is 20.6 Å². The van der Waals surface area contributed by atoms with Crippen molar-refractivity contribution in [2.45, 2.75) is 26.0 Å². The second-order valence-electron chi connectivity index (χ2n) is 6.43. The highest BCUT2D eigenvalue weighted by Crippen LogP contribution is 2.20. The topological polar surface area (TPSA) is 64.6 Å². The van der Waals surface area contributed by atoms with Crippen LogP contribution in [0.15, 0.2) is 48.5 Å². The van der Waals surface area contributed by atoms with Crippen LogP contribution >= 0.6 is 0 Å². The number of anilines is 1. The summed E-state index contributed by atoms with van der Waals surface area (Å²) in [6.45, 7) is 2.70. The minimum Gasteiger partial charge on any atom is -0.391 e. The van der Waals surface area contributed by atoms with Crippen molar-refractivity contribution < 1.29 is 9.90 Å². The zero-order chi connectivity index (χ0) is 18.2. The fourth-order valence-electron chi connectivity index (χ4n) is 2.65. The molecule has 1 atom stereocenters. The zero-order valence-corrected chi connectivity index (χ0v) is 15.1. The minimum absolute atomic E-state index is 0.217. The largest absolute Gasteiger partial charge is 0.391 e. The van der Waals surface area contributed by atoms with E-state index < -0.39 is 6.10 Å². The van der Waals surface area contributed by atoms with E-state index in [0.717, 1.165) is 16.8 Å². The fourth-order valence-corrected chi connectivity index (χ4v) is 2.65. The maximum Gasteiger partial charge on any atom is 0.315 e. The molecule has 2 aromatic rings. The van der Waals surface area contributed by atoms with Crippen LogP contribution in [-0.2, 0) is 13.0 Å². The van der Waals surface area contributed by atoms with Gasteiger partial charge in [0.1, 0.15) is 0 Å². The van der Waals surface area contributed by atoms with E-state index in [1.165, 1.54) is 5.56 Å². The predicted molar refractivity (Wildman–Crippen MR) is 102 cm³/mol. The Hall–Kier alpha value is -2.53. The molecule has 0 radical (unpaired) electrons. The van der Waals surface area contributed by atoms with Crippen LogP contribution in [-0.4, -0.2) is 37.9 Å². The summed E-state index contributed by atoms with van der Waals surface area (Å²) in [6.07, 6.45) is -0.0889. The summed E-state index contributed by atoms with van der Waals surface area (Å²) in [5.74, 6) is 0. The molecule has 0 saturated carbocycles. The molecular weight excluding hydrogens is 314 g/mol. The molecule has 0 bridgehead atoms. The lowest BCUT2D eigenvalue weighted by Gasteiger charge is -2.19. The van der Waals surface area contributed by atoms with Gasteiger partial charge in [-0.15, -0.1) is 0 Å². The van der Waals surface area contributed by atoms with Crippen molar-refractivity contribution in [1.29, 1.82) is 0 Å². The Balaban J connectivity index is 1.79. The van der Waals surface area contributed by atoms with Gasteiger partial charge in [0.05, 0.1) is 6.10 Å². The van der Waals surface area contributed by atoms with Crippen molar-refractivity contribution in [2.24, 2.45) is 0 Å². The van der Waals surface area contributed by atoms with E-state index >= 15 is 0 Å². The van der Waals surface area contributed by atoms with Crippen LogP contribution in [0, 0.1) is 6.92 Å². The van der Waals surface area contributed by atoms with Crippen LogP contribution in [0.1, 0.15) is 16.7 Å². The van der Waals surface area contributed by atoms with Gasteiger partial charge in [-0.3, -0.25) is 0 Å². The average Bonchev–Trinajstić information content (AvgIpc) is 2.59. The van der Waals surface area contributed by atoms with Crippen molar-refractivity contribution in [2.75, 3.05) is 25.5 Å². The van der Waals surface area contributed by atoms with E-state index in [1.54, 1.807) is 0 Å². The second-order valence-corrected chi connectivity index (χ2v) is 6.43. The van der Waals surface area contributed by atoms with Crippen LogP contribution in [0.2, 0.25) is 0 Å². The average molecular weight is 341 g/mol. The Morgan fingerprint density at radius 2 is 1.84 bits per heavy atom. The predicted octanol–water partition coefficient (Wildman–Crippen LogP) is 2.46. The van der Waals surface area contributed by atoms with Crippen LogP contribution < -0.4 is 15.5 Å². The molecule has 0 aliphatic rings. The number of hydrogen-bond donors (Lipinski definition) is 3. The summed E-state index contributed by atoms with van der Waals surface area (Å²) in [5, 5.41) is 15.6. The maximum atomic E-state index is 12.0. The highest BCUT2D eigenvalue weighted by atomic mass is 16.3. The van der Waals surface area contributed by atoms with Crippen molar-refractivity contribution in [3.05, 3.63) is 65.2 Å². The van der Waals surface area contributed by atoms with Gasteiger partial charge in [0.2, 0.25) is 0 Å². The molecule has 5 nitrogen and oxygen atoms in total. The molecule has 0 saturated heterocycles. The van der Waals surface area contributed by atoms with Crippen molar-refractivity contribution in [3.8, 4) is 0 Å². The number of nitrogens with one attached hydrogen (secondary N) is 2. The third-order valence-corrected chi connectivity index (χ3v) is 3.97. The van der Waals surface area contributed by atoms with Gasteiger partial charge in [0, 0.05) is 39.3 Å². The van der Waals surface area contributed by atoms with Crippen LogP contribution in [0.4, 0.5) is 10.5 Å². The molecule has 3 N–H and O–H groups in total. The second kappa shape index (κ2) is 9.08. The molecule has 134 valence electrons.